The lowest BCUT2D eigenvalue weighted by Crippen LogP contribution is -2.52. The minimum atomic E-state index is -1.10. The number of anilines is 1. The van der Waals surface area contributed by atoms with Crippen LogP contribution in [0.3, 0.4) is 0 Å². The van der Waals surface area contributed by atoms with Crippen LogP contribution in [0.2, 0.25) is 0 Å². The van der Waals surface area contributed by atoms with E-state index in [-0.39, 0.29) is 11.5 Å². The molecule has 2 aromatic rings. The van der Waals surface area contributed by atoms with E-state index in [1.165, 1.54) is 44.1 Å². The van der Waals surface area contributed by atoms with Crippen molar-refractivity contribution in [2.45, 2.75) is 32.9 Å². The SMILES string of the molecule is Cc1[nH]c(C=C2C(=O)Nc3ccc(F)cc32)c(C)c1C(=O)N[C@H](C(=O)N(C)C)[C@H](C)O. The van der Waals surface area contributed by atoms with Crippen LogP contribution in [-0.4, -0.2) is 59.0 Å². The molecule has 0 aliphatic carbocycles. The van der Waals surface area contributed by atoms with Gasteiger partial charge in [0.25, 0.3) is 11.8 Å². The molecular weight excluding hydrogens is 403 g/mol. The molecule has 1 aromatic heterocycles. The van der Waals surface area contributed by atoms with Crippen LogP contribution in [0.4, 0.5) is 10.1 Å². The van der Waals surface area contributed by atoms with E-state index < -0.39 is 29.8 Å². The summed E-state index contributed by atoms with van der Waals surface area (Å²) < 4.78 is 13.7. The van der Waals surface area contributed by atoms with Gasteiger partial charge in [-0.05, 0) is 50.6 Å². The molecule has 0 saturated heterocycles. The highest BCUT2D eigenvalue weighted by molar-refractivity contribution is 6.34. The Balaban J connectivity index is 1.96. The Hall–Kier alpha value is -3.46. The van der Waals surface area contributed by atoms with Gasteiger partial charge in [-0.25, -0.2) is 4.39 Å². The molecule has 164 valence electrons. The molecule has 2 heterocycles. The summed E-state index contributed by atoms with van der Waals surface area (Å²) in [5.74, 6) is -1.79. The molecule has 0 bridgehead atoms. The topological polar surface area (TPSA) is 115 Å². The Kier molecular flexibility index (Phi) is 5.99. The summed E-state index contributed by atoms with van der Waals surface area (Å²) in [6.45, 7) is 4.82. The van der Waals surface area contributed by atoms with Crippen LogP contribution in [0.1, 0.15) is 39.8 Å². The Labute approximate surface area is 179 Å². The monoisotopic (exact) mass is 428 g/mol. The molecule has 0 saturated carbocycles. The van der Waals surface area contributed by atoms with E-state index in [0.717, 1.165) is 0 Å². The molecule has 9 heteroatoms. The molecule has 0 spiro atoms. The van der Waals surface area contributed by atoms with Crippen LogP contribution in [0, 0.1) is 19.7 Å². The van der Waals surface area contributed by atoms with Crippen LogP contribution >= 0.6 is 0 Å². The first-order valence-electron chi connectivity index (χ1n) is 9.73. The maximum absolute atomic E-state index is 13.7. The van der Waals surface area contributed by atoms with Crippen LogP contribution in [0.25, 0.3) is 11.6 Å². The number of H-pyrrole nitrogens is 1. The highest BCUT2D eigenvalue weighted by Crippen LogP contribution is 2.34. The Bertz CT molecular complexity index is 1100. The molecular formula is C22H25FN4O4. The zero-order chi connectivity index (χ0) is 23.0. The number of aryl methyl sites for hydroxylation is 1. The molecule has 4 N–H and O–H groups in total. The molecule has 1 aliphatic heterocycles. The second-order valence-electron chi connectivity index (χ2n) is 7.79. The lowest BCUT2D eigenvalue weighted by molar-refractivity contribution is -0.133. The summed E-state index contributed by atoms with van der Waals surface area (Å²) in [4.78, 5) is 42.0. The summed E-state index contributed by atoms with van der Waals surface area (Å²) in [5.41, 5.74) is 3.13. The molecule has 3 amide bonds. The number of halogens is 1. The number of carbonyl (C=O) groups is 3. The van der Waals surface area contributed by atoms with Gasteiger partial charge in [-0.3, -0.25) is 14.4 Å². The van der Waals surface area contributed by atoms with Crippen molar-refractivity contribution in [2.24, 2.45) is 0 Å². The maximum atomic E-state index is 13.7. The number of aliphatic hydroxyl groups is 1. The van der Waals surface area contributed by atoms with Gasteiger partial charge in [0.05, 0.1) is 17.2 Å². The van der Waals surface area contributed by atoms with E-state index in [4.69, 9.17) is 0 Å². The number of aromatic nitrogens is 1. The standard InChI is InChI=1S/C22H25FN4O4/c1-10-17(9-15-14-8-13(23)6-7-16(14)25-20(15)29)24-11(2)18(10)21(30)26-19(12(3)28)22(31)27(4)5/h6-9,12,19,24,28H,1-5H3,(H,25,29)(H,26,30)/t12-,19-/m0/s1. The number of aromatic amines is 1. The van der Waals surface area contributed by atoms with Gasteiger partial charge < -0.3 is 25.6 Å². The summed E-state index contributed by atoms with van der Waals surface area (Å²) in [6.07, 6.45) is 0.477. The predicted octanol–water partition coefficient (Wildman–Crippen LogP) is 1.83. The maximum Gasteiger partial charge on any atom is 0.256 e. The number of hydrogen-bond donors (Lipinski definition) is 4. The third-order valence-corrected chi connectivity index (χ3v) is 5.23. The minimum Gasteiger partial charge on any atom is -0.391 e. The number of rotatable bonds is 5. The molecule has 8 nitrogen and oxygen atoms in total. The van der Waals surface area contributed by atoms with Crippen molar-refractivity contribution in [2.75, 3.05) is 19.4 Å². The number of carbonyl (C=O) groups excluding carboxylic acids is 3. The first-order valence-corrected chi connectivity index (χ1v) is 9.73. The van der Waals surface area contributed by atoms with Gasteiger partial charge in [-0.2, -0.15) is 0 Å². The van der Waals surface area contributed by atoms with E-state index in [0.29, 0.717) is 33.8 Å². The molecule has 0 unspecified atom stereocenters. The Morgan fingerprint density at radius 2 is 1.94 bits per heavy atom. The van der Waals surface area contributed by atoms with E-state index in [9.17, 15) is 23.9 Å². The highest BCUT2D eigenvalue weighted by atomic mass is 19.1. The second-order valence-corrected chi connectivity index (χ2v) is 7.79. The third kappa shape index (κ3) is 4.22. The number of nitrogens with one attached hydrogen (secondary N) is 3. The number of benzene rings is 1. The first kappa shape index (κ1) is 22.2. The largest absolute Gasteiger partial charge is 0.391 e. The van der Waals surface area contributed by atoms with E-state index in [2.05, 4.69) is 15.6 Å². The lowest BCUT2D eigenvalue weighted by atomic mass is 10.0. The van der Waals surface area contributed by atoms with Gasteiger partial charge in [0.1, 0.15) is 11.9 Å². The average Bonchev–Trinajstić information content (AvgIpc) is 3.14. The van der Waals surface area contributed by atoms with Crippen molar-refractivity contribution in [1.82, 2.24) is 15.2 Å². The summed E-state index contributed by atoms with van der Waals surface area (Å²) in [7, 11) is 3.07. The van der Waals surface area contributed by atoms with Crippen molar-refractivity contribution < 1.29 is 23.9 Å². The van der Waals surface area contributed by atoms with Gasteiger partial charge in [0.15, 0.2) is 0 Å². The van der Waals surface area contributed by atoms with Gasteiger partial charge in [0.2, 0.25) is 5.91 Å². The fraction of sp³-hybridized carbons (Fsp3) is 0.318. The molecule has 0 fully saturated rings. The number of likely N-dealkylation sites (N-methyl/N-ethyl adjacent to an activating group) is 1. The Morgan fingerprint density at radius 3 is 2.55 bits per heavy atom. The van der Waals surface area contributed by atoms with Gasteiger partial charge in [-0.1, -0.05) is 0 Å². The molecule has 3 rings (SSSR count). The molecule has 2 atom stereocenters. The number of amides is 3. The zero-order valence-electron chi connectivity index (χ0n) is 18.0. The highest BCUT2D eigenvalue weighted by Gasteiger charge is 2.30. The van der Waals surface area contributed by atoms with Crippen molar-refractivity contribution in [3.8, 4) is 0 Å². The fourth-order valence-corrected chi connectivity index (χ4v) is 3.59. The number of hydrogen-bond acceptors (Lipinski definition) is 4. The van der Waals surface area contributed by atoms with Crippen molar-refractivity contribution >= 4 is 35.1 Å². The Morgan fingerprint density at radius 1 is 1.26 bits per heavy atom. The van der Waals surface area contributed by atoms with Crippen LogP contribution in [-0.2, 0) is 9.59 Å². The predicted molar refractivity (Wildman–Crippen MR) is 115 cm³/mol. The lowest BCUT2D eigenvalue weighted by Gasteiger charge is -2.24. The van der Waals surface area contributed by atoms with Crippen LogP contribution in [0.15, 0.2) is 18.2 Å². The normalized spacial score (nSPS) is 16.0. The van der Waals surface area contributed by atoms with Gasteiger partial charge >= 0.3 is 0 Å². The van der Waals surface area contributed by atoms with Crippen LogP contribution in [0.5, 0.6) is 0 Å². The van der Waals surface area contributed by atoms with Crippen molar-refractivity contribution in [3.05, 3.63) is 52.1 Å². The number of aliphatic hydroxyl groups excluding tert-OH is 1. The quantitative estimate of drug-likeness (QED) is 0.544. The molecule has 31 heavy (non-hydrogen) atoms. The van der Waals surface area contributed by atoms with E-state index in [1.54, 1.807) is 19.9 Å². The zero-order valence-corrected chi connectivity index (χ0v) is 18.0. The van der Waals surface area contributed by atoms with Crippen molar-refractivity contribution in [3.63, 3.8) is 0 Å². The molecule has 0 radical (unpaired) electrons. The van der Waals surface area contributed by atoms with E-state index >= 15 is 0 Å². The molecule has 1 aliphatic rings. The summed E-state index contributed by atoms with van der Waals surface area (Å²) in [5, 5.41) is 15.2. The summed E-state index contributed by atoms with van der Waals surface area (Å²) in [6, 6.07) is 2.93. The first-order chi connectivity index (χ1) is 14.5. The summed E-state index contributed by atoms with van der Waals surface area (Å²) >= 11 is 0. The van der Waals surface area contributed by atoms with Gasteiger partial charge in [-0.15, -0.1) is 0 Å². The number of nitrogens with zero attached hydrogens (tertiary/aromatic N) is 1. The van der Waals surface area contributed by atoms with E-state index in [1.807, 2.05) is 0 Å². The third-order valence-electron chi connectivity index (χ3n) is 5.23. The fourth-order valence-electron chi connectivity index (χ4n) is 3.59. The van der Waals surface area contributed by atoms with Crippen LogP contribution < -0.4 is 10.6 Å². The van der Waals surface area contributed by atoms with Gasteiger partial charge in [0, 0.05) is 36.7 Å². The minimum absolute atomic E-state index is 0.274. The second kappa shape index (κ2) is 8.35. The smallest absolute Gasteiger partial charge is 0.256 e. The average molecular weight is 428 g/mol. The molecule has 1 aromatic carbocycles. The van der Waals surface area contributed by atoms with Crippen molar-refractivity contribution in [1.29, 1.82) is 0 Å². The number of fused-ring (bicyclic) bond motifs is 1.